The first-order valence-electron chi connectivity index (χ1n) is 8.34. The van der Waals surface area contributed by atoms with E-state index in [0.29, 0.717) is 13.0 Å². The number of benzene rings is 1. The summed E-state index contributed by atoms with van der Waals surface area (Å²) in [5.41, 5.74) is -0.333. The largest absolute Gasteiger partial charge is 0.372 e. The molecule has 0 aliphatic carbocycles. The van der Waals surface area contributed by atoms with Crippen molar-refractivity contribution in [1.29, 1.82) is 0 Å². The summed E-state index contributed by atoms with van der Waals surface area (Å²) in [6.45, 7) is 3.70. The zero-order chi connectivity index (χ0) is 19.3. The molecule has 0 amide bonds. The molecule has 142 valence electrons. The van der Waals surface area contributed by atoms with Gasteiger partial charge in [0.25, 0.3) is 5.56 Å². The van der Waals surface area contributed by atoms with E-state index in [2.05, 4.69) is 9.62 Å². The van der Waals surface area contributed by atoms with E-state index >= 15 is 0 Å². The highest BCUT2D eigenvalue weighted by Gasteiger charge is 2.20. The molecular weight excluding hydrogens is 356 g/mol. The zero-order valence-electron chi connectivity index (χ0n) is 15.2. The number of hydrogen-bond donors (Lipinski definition) is 1. The molecule has 1 heterocycles. The monoisotopic (exact) mass is 380 g/mol. The molecular formula is C17H24N4O4S. The van der Waals surface area contributed by atoms with Crippen molar-refractivity contribution in [3.63, 3.8) is 0 Å². The molecule has 0 aliphatic heterocycles. The molecule has 8 nitrogen and oxygen atoms in total. The summed E-state index contributed by atoms with van der Waals surface area (Å²) in [4.78, 5) is 25.5. The van der Waals surface area contributed by atoms with Crippen LogP contribution in [0.2, 0.25) is 0 Å². The van der Waals surface area contributed by atoms with Crippen molar-refractivity contribution in [2.75, 3.05) is 24.5 Å². The van der Waals surface area contributed by atoms with Crippen LogP contribution in [0.4, 0.5) is 5.69 Å². The second-order valence-corrected chi connectivity index (χ2v) is 7.65. The van der Waals surface area contributed by atoms with E-state index in [1.54, 1.807) is 0 Å². The van der Waals surface area contributed by atoms with Crippen LogP contribution in [0.5, 0.6) is 0 Å². The summed E-state index contributed by atoms with van der Waals surface area (Å²) in [6.07, 6.45) is 1.63. The molecule has 1 N–H and O–H groups in total. The molecule has 0 saturated heterocycles. The van der Waals surface area contributed by atoms with E-state index in [-0.39, 0.29) is 6.54 Å². The molecule has 0 fully saturated rings. The lowest BCUT2D eigenvalue weighted by Gasteiger charge is -2.23. The third-order valence-electron chi connectivity index (χ3n) is 4.10. The first kappa shape index (κ1) is 19.9. The number of hydrogen-bond acceptors (Lipinski definition) is 5. The van der Waals surface area contributed by atoms with Gasteiger partial charge in [-0.15, -0.1) is 0 Å². The lowest BCUT2D eigenvalue weighted by atomic mass is 10.2. The van der Waals surface area contributed by atoms with Gasteiger partial charge in [-0.3, -0.25) is 9.36 Å². The Kier molecular flexibility index (Phi) is 6.38. The maximum Gasteiger partial charge on any atom is 0.330 e. The van der Waals surface area contributed by atoms with E-state index in [1.807, 2.05) is 37.3 Å². The molecule has 1 aromatic carbocycles. The van der Waals surface area contributed by atoms with Crippen LogP contribution in [0, 0.1) is 0 Å². The zero-order valence-corrected chi connectivity index (χ0v) is 16.0. The summed E-state index contributed by atoms with van der Waals surface area (Å²) in [5.74, 6) is 0. The van der Waals surface area contributed by atoms with E-state index in [0.717, 1.165) is 27.6 Å². The Hall–Kier alpha value is -2.39. The van der Waals surface area contributed by atoms with Gasteiger partial charge in [0, 0.05) is 45.6 Å². The van der Waals surface area contributed by atoms with E-state index in [4.69, 9.17) is 0 Å². The third kappa shape index (κ3) is 4.41. The first-order valence-corrected chi connectivity index (χ1v) is 9.82. The van der Waals surface area contributed by atoms with Crippen LogP contribution < -0.4 is 20.9 Å². The summed E-state index contributed by atoms with van der Waals surface area (Å²) in [6, 6.07) is 9.86. The maximum absolute atomic E-state index is 12.4. The first-order chi connectivity index (χ1) is 12.3. The standard InChI is InChI=1S/C17H24N4O4S/c1-4-21(14-9-6-5-7-10-14)12-8-11-18-26(24,25)15-13-19(2)17(23)20(3)16(15)22/h5-7,9-10,13,18H,4,8,11-12H2,1-3H3. The van der Waals surface area contributed by atoms with Gasteiger partial charge in [0.05, 0.1) is 0 Å². The Bertz CT molecular complexity index is 964. The number of nitrogens with one attached hydrogen (secondary N) is 1. The average molecular weight is 380 g/mol. The number of aromatic nitrogens is 2. The second-order valence-electron chi connectivity index (χ2n) is 5.92. The Morgan fingerprint density at radius 2 is 1.77 bits per heavy atom. The predicted molar refractivity (Wildman–Crippen MR) is 101 cm³/mol. The van der Waals surface area contributed by atoms with Crippen molar-refractivity contribution in [2.45, 2.75) is 18.2 Å². The van der Waals surface area contributed by atoms with Crippen LogP contribution in [0.3, 0.4) is 0 Å². The number of nitrogens with zero attached hydrogens (tertiary/aromatic N) is 3. The smallest absolute Gasteiger partial charge is 0.330 e. The van der Waals surface area contributed by atoms with Crippen LogP contribution in [0.1, 0.15) is 13.3 Å². The van der Waals surface area contributed by atoms with Gasteiger partial charge in [-0.1, -0.05) is 18.2 Å². The van der Waals surface area contributed by atoms with Gasteiger partial charge in [-0.25, -0.2) is 17.9 Å². The molecule has 0 saturated carbocycles. The Labute approximate surface area is 152 Å². The molecule has 1 aromatic heterocycles. The molecule has 9 heteroatoms. The molecule has 2 rings (SSSR count). The number of rotatable bonds is 8. The summed E-state index contributed by atoms with van der Waals surface area (Å²) in [7, 11) is -1.33. The van der Waals surface area contributed by atoms with E-state index in [1.165, 1.54) is 14.1 Å². The fourth-order valence-corrected chi connectivity index (χ4v) is 3.85. The molecule has 0 atom stereocenters. The van der Waals surface area contributed by atoms with Gasteiger partial charge < -0.3 is 9.47 Å². The fraction of sp³-hybridized carbons (Fsp3) is 0.412. The van der Waals surface area contributed by atoms with Crippen LogP contribution in [-0.4, -0.2) is 37.2 Å². The highest BCUT2D eigenvalue weighted by molar-refractivity contribution is 7.89. The van der Waals surface area contributed by atoms with Crippen LogP contribution in [0.15, 0.2) is 51.0 Å². The van der Waals surface area contributed by atoms with Gasteiger partial charge in [-0.05, 0) is 25.5 Å². The van der Waals surface area contributed by atoms with E-state index in [9.17, 15) is 18.0 Å². The average Bonchev–Trinajstić information content (AvgIpc) is 2.63. The van der Waals surface area contributed by atoms with Crippen molar-refractivity contribution in [3.8, 4) is 0 Å². The van der Waals surface area contributed by atoms with Crippen LogP contribution >= 0.6 is 0 Å². The Morgan fingerprint density at radius 3 is 2.38 bits per heavy atom. The van der Waals surface area contributed by atoms with Crippen molar-refractivity contribution in [1.82, 2.24) is 13.9 Å². The lowest BCUT2D eigenvalue weighted by Crippen LogP contribution is -2.41. The van der Waals surface area contributed by atoms with Crippen molar-refractivity contribution in [3.05, 3.63) is 57.4 Å². The number of anilines is 1. The van der Waals surface area contributed by atoms with Gasteiger partial charge in [0.1, 0.15) is 0 Å². The van der Waals surface area contributed by atoms with Gasteiger partial charge in [0.15, 0.2) is 4.90 Å². The summed E-state index contributed by atoms with van der Waals surface area (Å²) >= 11 is 0. The molecule has 0 aliphatic rings. The normalized spacial score (nSPS) is 11.5. The van der Waals surface area contributed by atoms with Crippen molar-refractivity contribution >= 4 is 15.7 Å². The second kappa shape index (κ2) is 8.33. The van der Waals surface area contributed by atoms with Crippen molar-refractivity contribution < 1.29 is 8.42 Å². The quantitative estimate of drug-likeness (QED) is 0.664. The van der Waals surface area contributed by atoms with Gasteiger partial charge >= 0.3 is 5.69 Å². The highest BCUT2D eigenvalue weighted by Crippen LogP contribution is 2.12. The van der Waals surface area contributed by atoms with Crippen LogP contribution in [-0.2, 0) is 24.1 Å². The molecule has 26 heavy (non-hydrogen) atoms. The molecule has 0 unspecified atom stereocenters. The minimum Gasteiger partial charge on any atom is -0.372 e. The molecule has 0 bridgehead atoms. The van der Waals surface area contributed by atoms with Crippen LogP contribution in [0.25, 0.3) is 0 Å². The number of aryl methyl sites for hydroxylation is 1. The Balaban J connectivity index is 2.03. The van der Waals surface area contributed by atoms with Gasteiger partial charge in [0.2, 0.25) is 10.0 Å². The predicted octanol–water partition coefficient (Wildman–Crippen LogP) is 0.279. The summed E-state index contributed by atoms with van der Waals surface area (Å²) < 4.78 is 29.1. The number of para-hydroxylation sites is 1. The maximum atomic E-state index is 12.4. The molecule has 0 radical (unpaired) electrons. The van der Waals surface area contributed by atoms with Crippen molar-refractivity contribution in [2.24, 2.45) is 14.1 Å². The van der Waals surface area contributed by atoms with E-state index < -0.39 is 26.2 Å². The minimum atomic E-state index is -3.98. The van der Waals surface area contributed by atoms with Gasteiger partial charge in [-0.2, -0.15) is 0 Å². The minimum absolute atomic E-state index is 0.192. The molecule has 2 aromatic rings. The summed E-state index contributed by atoms with van der Waals surface area (Å²) in [5, 5.41) is 0. The molecule has 0 spiro atoms. The number of sulfonamides is 1. The Morgan fingerprint density at radius 1 is 1.12 bits per heavy atom. The highest BCUT2D eigenvalue weighted by atomic mass is 32.2. The lowest BCUT2D eigenvalue weighted by molar-refractivity contribution is 0.568. The SMILES string of the molecule is CCN(CCCNS(=O)(=O)c1cn(C)c(=O)n(C)c1=O)c1ccccc1. The third-order valence-corrected chi connectivity index (χ3v) is 5.55. The topological polar surface area (TPSA) is 93.4 Å². The fourth-order valence-electron chi connectivity index (χ4n) is 2.62.